The number of carboxylic acids is 3. The predicted molar refractivity (Wildman–Crippen MR) is 152 cm³/mol. The number of carbonyl (C=O) groups excluding carboxylic acids is 1. The van der Waals surface area contributed by atoms with Crippen LogP contribution in [0.15, 0.2) is 12.2 Å². The van der Waals surface area contributed by atoms with E-state index in [-0.39, 0.29) is 19.3 Å². The molecule has 7 heteroatoms. The largest absolute Gasteiger partial charge is 0.550 e. The lowest BCUT2D eigenvalue weighted by Gasteiger charge is -2.39. The van der Waals surface area contributed by atoms with Crippen LogP contribution in [0.5, 0.6) is 0 Å². The summed E-state index contributed by atoms with van der Waals surface area (Å²) in [6.45, 7) is 4.96. The van der Waals surface area contributed by atoms with Gasteiger partial charge in [-0.3, -0.25) is 9.59 Å². The summed E-state index contributed by atoms with van der Waals surface area (Å²) >= 11 is 0. The monoisotopic (exact) mass is 539 g/mol. The first-order valence-electron chi connectivity index (χ1n) is 15.4. The van der Waals surface area contributed by atoms with Gasteiger partial charge < -0.3 is 24.6 Å². The second-order valence-corrected chi connectivity index (χ2v) is 11.0. The zero-order valence-electron chi connectivity index (χ0n) is 24.3. The van der Waals surface area contributed by atoms with Crippen molar-refractivity contribution in [2.45, 2.75) is 142 Å². The summed E-state index contributed by atoms with van der Waals surface area (Å²) in [4.78, 5) is 33.0. The Labute approximate surface area is 232 Å². The zero-order valence-corrected chi connectivity index (χ0v) is 24.3. The minimum atomic E-state index is -1.08. The number of aliphatic carboxylic acids is 3. The molecule has 0 unspecified atom stereocenters. The molecule has 0 aliphatic carbocycles. The van der Waals surface area contributed by atoms with Crippen molar-refractivity contribution in [1.29, 1.82) is 0 Å². The molecule has 7 nitrogen and oxygen atoms in total. The first-order chi connectivity index (χ1) is 18.3. The Kier molecular flexibility index (Phi) is 24.1. The number of rotatable bonds is 29. The predicted octanol–water partition coefficient (Wildman–Crippen LogP) is 6.49. The van der Waals surface area contributed by atoms with E-state index in [1.54, 1.807) is 0 Å². The Balaban J connectivity index is 4.29. The fourth-order valence-corrected chi connectivity index (χ4v) is 5.23. The van der Waals surface area contributed by atoms with E-state index < -0.39 is 17.9 Å². The molecule has 0 aromatic carbocycles. The van der Waals surface area contributed by atoms with Gasteiger partial charge in [0, 0.05) is 25.2 Å². The van der Waals surface area contributed by atoms with Crippen LogP contribution in [0.2, 0.25) is 0 Å². The van der Waals surface area contributed by atoms with Crippen LogP contribution in [0, 0.1) is 0 Å². The van der Waals surface area contributed by atoms with Crippen molar-refractivity contribution in [3.05, 3.63) is 12.2 Å². The zero-order chi connectivity index (χ0) is 28.3. The van der Waals surface area contributed by atoms with Gasteiger partial charge in [0.1, 0.15) is 0 Å². The molecule has 0 aliphatic rings. The number of allylic oxidation sites excluding steroid dienone is 2. The molecule has 0 atom stereocenters. The third-order valence-electron chi connectivity index (χ3n) is 7.45. The normalized spacial score (nSPS) is 11.8. The van der Waals surface area contributed by atoms with Crippen molar-refractivity contribution < 1.29 is 34.2 Å². The third kappa shape index (κ3) is 24.4. The van der Waals surface area contributed by atoms with E-state index in [9.17, 15) is 19.5 Å². The van der Waals surface area contributed by atoms with Crippen molar-refractivity contribution in [2.75, 3.05) is 26.2 Å². The van der Waals surface area contributed by atoms with Crippen molar-refractivity contribution in [3.8, 4) is 0 Å². The van der Waals surface area contributed by atoms with Gasteiger partial charge >= 0.3 is 11.9 Å². The number of unbranched alkanes of at least 4 members (excludes halogenated alkanes) is 13. The van der Waals surface area contributed by atoms with Crippen LogP contribution in [0.1, 0.15) is 142 Å². The Morgan fingerprint density at radius 2 is 0.921 bits per heavy atom. The van der Waals surface area contributed by atoms with Gasteiger partial charge in [-0.25, -0.2) is 0 Å². The standard InChI is InChI=1S/C31H57NO6/c1-2-3-4-5-6-7-8-9-10-11-12-13-14-15-16-17-18-25-32(26-19-22-29(33)34,27-20-23-30(35)36)28-21-24-31(37)38/h14-15H,2-13,16-28H2,1H3,(H2-,33,34,35,36,37,38)/b15-14+. The number of nitrogens with zero attached hydrogens (tertiary/aromatic N) is 1. The Morgan fingerprint density at radius 3 is 1.34 bits per heavy atom. The molecule has 0 saturated carbocycles. The van der Waals surface area contributed by atoms with Gasteiger partial charge in [0.05, 0.1) is 39.0 Å². The maximum Gasteiger partial charge on any atom is 0.303 e. The average Bonchev–Trinajstić information content (AvgIpc) is 2.85. The average molecular weight is 540 g/mol. The van der Waals surface area contributed by atoms with E-state index in [1.165, 1.54) is 70.6 Å². The van der Waals surface area contributed by atoms with Gasteiger partial charge in [-0.1, -0.05) is 83.3 Å². The van der Waals surface area contributed by atoms with Crippen LogP contribution in [-0.2, 0) is 14.4 Å². The quantitative estimate of drug-likeness (QED) is 0.0638. The van der Waals surface area contributed by atoms with Gasteiger partial charge in [-0.2, -0.15) is 0 Å². The highest BCUT2D eigenvalue weighted by Crippen LogP contribution is 2.18. The highest BCUT2D eigenvalue weighted by Gasteiger charge is 2.26. The third-order valence-corrected chi connectivity index (χ3v) is 7.45. The summed E-state index contributed by atoms with van der Waals surface area (Å²) in [5.41, 5.74) is 0. The van der Waals surface area contributed by atoms with Crippen LogP contribution in [0.25, 0.3) is 0 Å². The number of carboxylic acid groups (broad SMARTS) is 3. The molecule has 0 fully saturated rings. The Hall–Kier alpha value is -1.89. The van der Waals surface area contributed by atoms with Crippen LogP contribution in [0.4, 0.5) is 0 Å². The van der Waals surface area contributed by atoms with Crippen LogP contribution in [0.3, 0.4) is 0 Å². The topological polar surface area (TPSA) is 115 Å². The van der Waals surface area contributed by atoms with Crippen molar-refractivity contribution in [3.63, 3.8) is 0 Å². The Morgan fingerprint density at radius 1 is 0.553 bits per heavy atom. The maximum absolute atomic E-state index is 11.0. The maximum atomic E-state index is 11.0. The molecule has 0 aliphatic heterocycles. The minimum Gasteiger partial charge on any atom is -0.550 e. The fourth-order valence-electron chi connectivity index (χ4n) is 5.23. The lowest BCUT2D eigenvalue weighted by molar-refractivity contribution is -0.929. The van der Waals surface area contributed by atoms with Crippen molar-refractivity contribution >= 4 is 17.9 Å². The lowest BCUT2D eigenvalue weighted by atomic mass is 10.1. The first-order valence-corrected chi connectivity index (χ1v) is 15.4. The van der Waals surface area contributed by atoms with E-state index in [0.29, 0.717) is 43.4 Å². The molecular formula is C31H57NO6. The number of hydrogen-bond acceptors (Lipinski definition) is 4. The van der Waals surface area contributed by atoms with Gasteiger partial charge in [-0.15, -0.1) is 0 Å². The smallest absolute Gasteiger partial charge is 0.303 e. The number of quaternary nitrogens is 1. The van der Waals surface area contributed by atoms with E-state index in [2.05, 4.69) is 19.1 Å². The summed E-state index contributed by atoms with van der Waals surface area (Å²) in [7, 11) is 0. The lowest BCUT2D eigenvalue weighted by Crippen LogP contribution is -2.51. The van der Waals surface area contributed by atoms with Gasteiger partial charge in [0.25, 0.3) is 0 Å². The van der Waals surface area contributed by atoms with Gasteiger partial charge in [0.15, 0.2) is 0 Å². The second-order valence-electron chi connectivity index (χ2n) is 11.0. The summed E-state index contributed by atoms with van der Waals surface area (Å²) in [5.74, 6) is -2.76. The molecule has 0 radical (unpaired) electrons. The molecule has 0 amide bonds. The van der Waals surface area contributed by atoms with Crippen LogP contribution in [-0.4, -0.2) is 58.8 Å². The number of carbonyl (C=O) groups is 3. The van der Waals surface area contributed by atoms with Crippen LogP contribution >= 0.6 is 0 Å². The van der Waals surface area contributed by atoms with E-state index >= 15 is 0 Å². The molecule has 0 bridgehead atoms. The van der Waals surface area contributed by atoms with E-state index in [1.807, 2.05) is 0 Å². The highest BCUT2D eigenvalue weighted by molar-refractivity contribution is 5.66. The molecule has 0 heterocycles. The van der Waals surface area contributed by atoms with Crippen molar-refractivity contribution in [1.82, 2.24) is 0 Å². The minimum absolute atomic E-state index is 0.0281. The SMILES string of the molecule is CCCCCCCCCCCCC/C=C/CCCC[N+](CCCC(=O)[O-])(CCCC(=O)O)CCCC(=O)O. The van der Waals surface area contributed by atoms with E-state index in [4.69, 9.17) is 10.2 Å². The molecule has 2 N–H and O–H groups in total. The molecule has 0 aromatic rings. The molecule has 38 heavy (non-hydrogen) atoms. The second kappa shape index (κ2) is 25.4. The molecule has 0 saturated heterocycles. The molecule has 0 spiro atoms. The summed E-state index contributed by atoms with van der Waals surface area (Å²) in [6, 6.07) is 0. The summed E-state index contributed by atoms with van der Waals surface area (Å²) < 4.78 is 0.594. The molecule has 0 aromatic heterocycles. The van der Waals surface area contributed by atoms with Crippen molar-refractivity contribution in [2.24, 2.45) is 0 Å². The van der Waals surface area contributed by atoms with Gasteiger partial charge in [-0.05, 0) is 38.5 Å². The number of hydrogen-bond donors (Lipinski definition) is 2. The first kappa shape index (κ1) is 36.1. The molecule has 0 rings (SSSR count). The fraction of sp³-hybridized carbons (Fsp3) is 0.839. The molecule has 222 valence electrons. The molecular weight excluding hydrogens is 482 g/mol. The highest BCUT2D eigenvalue weighted by atomic mass is 16.4. The summed E-state index contributed by atoms with van der Waals surface area (Å²) in [6.07, 6.45) is 25.1. The van der Waals surface area contributed by atoms with Gasteiger partial charge in [0.2, 0.25) is 0 Å². The van der Waals surface area contributed by atoms with Crippen LogP contribution < -0.4 is 5.11 Å². The van der Waals surface area contributed by atoms with E-state index in [0.717, 1.165) is 32.2 Å². The Bertz CT molecular complexity index is 584. The summed E-state index contributed by atoms with van der Waals surface area (Å²) in [5, 5.41) is 29.1.